The Hall–Kier alpha value is -3.47. The molecule has 3 aromatic rings. The molecule has 0 saturated carbocycles. The fraction of sp³-hybridized carbons (Fsp3) is 0.367. The van der Waals surface area contributed by atoms with Crippen LogP contribution in [0.15, 0.2) is 54.6 Å². The number of amides is 1. The van der Waals surface area contributed by atoms with Crippen LogP contribution in [0.1, 0.15) is 65.6 Å². The summed E-state index contributed by atoms with van der Waals surface area (Å²) in [5, 5.41) is 20.3. The molecule has 0 bridgehead atoms. The van der Waals surface area contributed by atoms with Crippen LogP contribution in [0.3, 0.4) is 0 Å². The zero-order valence-electron chi connectivity index (χ0n) is 20.7. The van der Waals surface area contributed by atoms with Crippen LogP contribution in [0, 0.1) is 6.92 Å². The number of hydrogen-bond acceptors (Lipinski definition) is 4. The minimum Gasteiger partial charge on any atom is -0.508 e. The number of unbranched alkanes of at least 4 members (excludes halogenated alkanes) is 1. The first-order valence-electron chi connectivity index (χ1n) is 12.8. The number of carbonyl (C=O) groups excluding carboxylic acids is 1. The SMILES string of the molecule is CCCCc1cc(Cc2ccccc2)cc2c1NCCC2NC(=O)C1Cc2c(C)cc(O)cc2N1. The van der Waals surface area contributed by atoms with Crippen LogP contribution in [-0.4, -0.2) is 23.6 Å². The number of carbonyl (C=O) groups is 1. The number of benzene rings is 3. The zero-order chi connectivity index (χ0) is 24.4. The Kier molecular flexibility index (Phi) is 6.67. The maximum Gasteiger partial charge on any atom is 0.243 e. The van der Waals surface area contributed by atoms with Crippen molar-refractivity contribution in [2.24, 2.45) is 0 Å². The molecule has 5 heteroatoms. The third-order valence-corrected chi connectivity index (χ3v) is 7.30. The number of anilines is 2. The van der Waals surface area contributed by atoms with E-state index in [9.17, 15) is 9.90 Å². The van der Waals surface area contributed by atoms with Gasteiger partial charge in [0, 0.05) is 30.4 Å². The van der Waals surface area contributed by atoms with E-state index in [-0.39, 0.29) is 23.7 Å². The molecule has 4 N–H and O–H groups in total. The molecular formula is C30H35N3O2. The summed E-state index contributed by atoms with van der Waals surface area (Å²) in [4.78, 5) is 13.4. The van der Waals surface area contributed by atoms with Crippen LogP contribution in [-0.2, 0) is 24.1 Å². The van der Waals surface area contributed by atoms with E-state index in [0.29, 0.717) is 6.42 Å². The van der Waals surface area contributed by atoms with Crippen LogP contribution >= 0.6 is 0 Å². The lowest BCUT2D eigenvalue weighted by Gasteiger charge is -2.31. The summed E-state index contributed by atoms with van der Waals surface area (Å²) < 4.78 is 0. The van der Waals surface area contributed by atoms with Gasteiger partial charge in [-0.05, 0) is 72.1 Å². The molecule has 0 radical (unpaired) electrons. The Morgan fingerprint density at radius 1 is 1.11 bits per heavy atom. The van der Waals surface area contributed by atoms with Crippen molar-refractivity contribution in [1.82, 2.24) is 5.32 Å². The molecule has 2 heterocycles. The molecule has 0 aromatic heterocycles. The van der Waals surface area contributed by atoms with E-state index in [0.717, 1.165) is 55.5 Å². The maximum absolute atomic E-state index is 13.4. The maximum atomic E-state index is 13.4. The molecule has 2 atom stereocenters. The first-order chi connectivity index (χ1) is 17.0. The quantitative estimate of drug-likeness (QED) is 0.361. The van der Waals surface area contributed by atoms with E-state index in [1.807, 2.05) is 6.92 Å². The molecule has 0 spiro atoms. The van der Waals surface area contributed by atoms with Crippen molar-refractivity contribution in [2.75, 3.05) is 17.2 Å². The average Bonchev–Trinajstić information content (AvgIpc) is 3.28. The standard InChI is InChI=1S/C30H35N3O2/c1-3-4-10-22-15-21(14-20-8-6-5-7-9-20)16-25-26(11-12-31-29(22)25)33-30(35)28-18-24-19(2)13-23(34)17-27(24)32-28/h5-9,13,15-17,26,28,31-32,34H,3-4,10-12,14,18H2,1-2H3,(H,33,35). The van der Waals surface area contributed by atoms with E-state index < -0.39 is 0 Å². The van der Waals surface area contributed by atoms with Crippen molar-refractivity contribution in [1.29, 1.82) is 0 Å². The number of aryl methyl sites for hydroxylation is 2. The molecule has 2 aliphatic rings. The molecule has 35 heavy (non-hydrogen) atoms. The van der Waals surface area contributed by atoms with Gasteiger partial charge in [0.1, 0.15) is 11.8 Å². The fourth-order valence-corrected chi connectivity index (χ4v) is 5.50. The molecule has 2 unspecified atom stereocenters. The summed E-state index contributed by atoms with van der Waals surface area (Å²) in [6, 6.07) is 18.3. The lowest BCUT2D eigenvalue weighted by molar-refractivity contribution is -0.122. The monoisotopic (exact) mass is 469 g/mol. The van der Waals surface area contributed by atoms with Crippen molar-refractivity contribution in [3.05, 3.63) is 88.0 Å². The topological polar surface area (TPSA) is 73.4 Å². The number of hydrogen-bond donors (Lipinski definition) is 4. The fourth-order valence-electron chi connectivity index (χ4n) is 5.50. The Bertz CT molecular complexity index is 1220. The Labute approximate surface area is 208 Å². The van der Waals surface area contributed by atoms with Crippen molar-refractivity contribution in [3.8, 4) is 5.75 Å². The number of fused-ring (bicyclic) bond motifs is 2. The first kappa shape index (κ1) is 23.3. The Balaban J connectivity index is 1.39. The minimum atomic E-state index is -0.323. The highest BCUT2D eigenvalue weighted by molar-refractivity contribution is 5.88. The van der Waals surface area contributed by atoms with Gasteiger partial charge in [0.2, 0.25) is 5.91 Å². The molecule has 1 amide bonds. The summed E-state index contributed by atoms with van der Waals surface area (Å²) in [5.41, 5.74) is 9.34. The molecule has 3 aromatic carbocycles. The largest absolute Gasteiger partial charge is 0.508 e. The van der Waals surface area contributed by atoms with E-state index >= 15 is 0 Å². The molecule has 5 rings (SSSR count). The summed E-state index contributed by atoms with van der Waals surface area (Å²) in [7, 11) is 0. The van der Waals surface area contributed by atoms with Crippen LogP contribution in [0.2, 0.25) is 0 Å². The van der Waals surface area contributed by atoms with Gasteiger partial charge >= 0.3 is 0 Å². The normalized spacial score (nSPS) is 18.2. The van der Waals surface area contributed by atoms with Crippen molar-refractivity contribution in [3.63, 3.8) is 0 Å². The minimum absolute atomic E-state index is 0.0153. The molecule has 0 fully saturated rings. The molecular weight excluding hydrogens is 434 g/mol. The molecule has 182 valence electrons. The van der Waals surface area contributed by atoms with E-state index in [1.165, 1.54) is 27.9 Å². The number of phenolic OH excluding ortho intramolecular Hbond substituents is 1. The van der Waals surface area contributed by atoms with Crippen LogP contribution in [0.4, 0.5) is 11.4 Å². The van der Waals surface area contributed by atoms with Gasteiger partial charge in [0.05, 0.1) is 6.04 Å². The predicted molar refractivity (Wildman–Crippen MR) is 142 cm³/mol. The number of phenols is 1. The van der Waals surface area contributed by atoms with Crippen LogP contribution in [0.5, 0.6) is 5.75 Å². The molecule has 2 aliphatic heterocycles. The number of aromatic hydroxyl groups is 1. The Morgan fingerprint density at radius 2 is 1.94 bits per heavy atom. The summed E-state index contributed by atoms with van der Waals surface area (Å²) in [6.45, 7) is 5.06. The summed E-state index contributed by atoms with van der Waals surface area (Å²) in [6.07, 6.45) is 5.73. The van der Waals surface area contributed by atoms with E-state index in [1.54, 1.807) is 12.1 Å². The predicted octanol–water partition coefficient (Wildman–Crippen LogP) is 5.64. The lowest BCUT2D eigenvalue weighted by Crippen LogP contribution is -2.42. The molecule has 0 aliphatic carbocycles. The van der Waals surface area contributed by atoms with E-state index in [2.05, 4.69) is 65.3 Å². The highest BCUT2D eigenvalue weighted by Crippen LogP contribution is 2.37. The van der Waals surface area contributed by atoms with Crippen LogP contribution in [0.25, 0.3) is 0 Å². The summed E-state index contributed by atoms with van der Waals surface area (Å²) in [5.74, 6) is 0.245. The van der Waals surface area contributed by atoms with Crippen molar-refractivity contribution in [2.45, 2.75) is 64.5 Å². The van der Waals surface area contributed by atoms with Crippen LogP contribution < -0.4 is 16.0 Å². The third-order valence-electron chi connectivity index (χ3n) is 7.30. The average molecular weight is 470 g/mol. The molecule has 0 saturated heterocycles. The van der Waals surface area contributed by atoms with Crippen molar-refractivity contribution >= 4 is 17.3 Å². The van der Waals surface area contributed by atoms with E-state index in [4.69, 9.17) is 0 Å². The molecule has 5 nitrogen and oxygen atoms in total. The highest BCUT2D eigenvalue weighted by atomic mass is 16.3. The van der Waals surface area contributed by atoms with Gasteiger partial charge < -0.3 is 21.1 Å². The number of rotatable bonds is 7. The first-order valence-corrected chi connectivity index (χ1v) is 12.8. The van der Waals surface area contributed by atoms with Gasteiger partial charge in [-0.1, -0.05) is 55.8 Å². The zero-order valence-corrected chi connectivity index (χ0v) is 20.7. The second-order valence-corrected chi connectivity index (χ2v) is 9.95. The van der Waals surface area contributed by atoms with Gasteiger partial charge in [0.15, 0.2) is 0 Å². The lowest BCUT2D eigenvalue weighted by atomic mass is 9.89. The smallest absolute Gasteiger partial charge is 0.243 e. The van der Waals surface area contributed by atoms with Gasteiger partial charge in [-0.25, -0.2) is 0 Å². The van der Waals surface area contributed by atoms with Gasteiger partial charge in [-0.15, -0.1) is 0 Å². The third kappa shape index (κ3) is 5.00. The highest BCUT2D eigenvalue weighted by Gasteiger charge is 2.31. The second kappa shape index (κ2) is 10.0. The summed E-state index contributed by atoms with van der Waals surface area (Å²) >= 11 is 0. The van der Waals surface area contributed by atoms with Gasteiger partial charge in [0.25, 0.3) is 0 Å². The second-order valence-electron chi connectivity index (χ2n) is 9.95. The van der Waals surface area contributed by atoms with Crippen molar-refractivity contribution < 1.29 is 9.90 Å². The Morgan fingerprint density at radius 3 is 2.74 bits per heavy atom. The van der Waals surface area contributed by atoms with Gasteiger partial charge in [-0.2, -0.15) is 0 Å². The van der Waals surface area contributed by atoms with Gasteiger partial charge in [-0.3, -0.25) is 4.79 Å². The number of nitrogens with one attached hydrogen (secondary N) is 3.